The molecule has 132 valence electrons. The minimum atomic E-state index is 0.174. The maximum absolute atomic E-state index is 12.4. The van der Waals surface area contributed by atoms with E-state index in [4.69, 9.17) is 4.74 Å². The lowest BCUT2D eigenvalue weighted by molar-refractivity contribution is -0.140. The van der Waals surface area contributed by atoms with Crippen LogP contribution in [-0.2, 0) is 16.0 Å². The molecule has 1 saturated heterocycles. The van der Waals surface area contributed by atoms with Gasteiger partial charge in [0.05, 0.1) is 6.10 Å². The third-order valence-corrected chi connectivity index (χ3v) is 5.62. The number of nitrogens with zero attached hydrogens (tertiary/aromatic N) is 2. The van der Waals surface area contributed by atoms with Crippen molar-refractivity contribution in [2.24, 2.45) is 11.8 Å². The smallest absolute Gasteiger partial charge is 0.248 e. The van der Waals surface area contributed by atoms with Crippen LogP contribution in [-0.4, -0.2) is 41.6 Å². The Labute approximate surface area is 145 Å². The van der Waals surface area contributed by atoms with E-state index in [1.165, 1.54) is 18.4 Å². The van der Waals surface area contributed by atoms with Crippen LogP contribution in [0.15, 0.2) is 24.5 Å². The van der Waals surface area contributed by atoms with Gasteiger partial charge in [-0.2, -0.15) is 0 Å². The standard InChI is InChI=1S/C20H30N2O2/c1-16-4-6-19(7-5-16)24-15-20(23)22-11-8-17(9-12-22)13-18-3-2-10-21-14-18/h2-3,10,14,16-17,19H,4-9,11-13,15H2,1H3. The minimum Gasteiger partial charge on any atom is -0.368 e. The summed E-state index contributed by atoms with van der Waals surface area (Å²) in [4.78, 5) is 18.5. The molecule has 2 heterocycles. The first-order valence-electron chi connectivity index (χ1n) is 9.49. The van der Waals surface area contributed by atoms with Gasteiger partial charge >= 0.3 is 0 Å². The Morgan fingerprint density at radius 1 is 1.21 bits per heavy atom. The fourth-order valence-electron chi connectivity index (χ4n) is 3.92. The third-order valence-electron chi connectivity index (χ3n) is 5.62. The minimum absolute atomic E-state index is 0.174. The summed E-state index contributed by atoms with van der Waals surface area (Å²) < 4.78 is 5.87. The highest BCUT2D eigenvalue weighted by Crippen LogP contribution is 2.26. The van der Waals surface area contributed by atoms with Gasteiger partial charge in [-0.3, -0.25) is 9.78 Å². The Kier molecular flexibility index (Phi) is 6.24. The van der Waals surface area contributed by atoms with Gasteiger partial charge in [-0.05, 0) is 68.4 Å². The molecule has 0 bridgehead atoms. The largest absolute Gasteiger partial charge is 0.368 e. The predicted molar refractivity (Wildman–Crippen MR) is 94.6 cm³/mol. The SMILES string of the molecule is CC1CCC(OCC(=O)N2CCC(Cc3cccnc3)CC2)CC1. The van der Waals surface area contributed by atoms with Crippen molar-refractivity contribution in [2.75, 3.05) is 19.7 Å². The van der Waals surface area contributed by atoms with E-state index >= 15 is 0 Å². The Morgan fingerprint density at radius 2 is 1.96 bits per heavy atom. The van der Waals surface area contributed by atoms with E-state index in [1.54, 1.807) is 0 Å². The zero-order chi connectivity index (χ0) is 16.8. The van der Waals surface area contributed by atoms with Crippen LogP contribution in [0.1, 0.15) is 51.0 Å². The summed E-state index contributed by atoms with van der Waals surface area (Å²) in [5, 5.41) is 0. The number of carbonyl (C=O) groups is 1. The van der Waals surface area contributed by atoms with Crippen LogP contribution in [0.3, 0.4) is 0 Å². The van der Waals surface area contributed by atoms with Crippen LogP contribution in [0.5, 0.6) is 0 Å². The van der Waals surface area contributed by atoms with E-state index in [2.05, 4.69) is 18.0 Å². The number of carbonyl (C=O) groups excluding carboxylic acids is 1. The number of piperidine rings is 1. The number of ether oxygens (including phenoxy) is 1. The van der Waals surface area contributed by atoms with Crippen molar-refractivity contribution in [3.8, 4) is 0 Å². The summed E-state index contributed by atoms with van der Waals surface area (Å²) in [5.41, 5.74) is 1.30. The highest BCUT2D eigenvalue weighted by Gasteiger charge is 2.25. The number of amides is 1. The van der Waals surface area contributed by atoms with Crippen LogP contribution < -0.4 is 0 Å². The second kappa shape index (κ2) is 8.61. The number of pyridine rings is 1. The van der Waals surface area contributed by atoms with E-state index in [1.807, 2.05) is 23.4 Å². The zero-order valence-corrected chi connectivity index (χ0v) is 14.8. The van der Waals surface area contributed by atoms with Crippen LogP contribution >= 0.6 is 0 Å². The molecule has 1 amide bonds. The molecule has 0 atom stereocenters. The number of rotatable bonds is 5. The highest BCUT2D eigenvalue weighted by atomic mass is 16.5. The summed E-state index contributed by atoms with van der Waals surface area (Å²) in [7, 11) is 0. The molecule has 24 heavy (non-hydrogen) atoms. The Morgan fingerprint density at radius 3 is 2.62 bits per heavy atom. The van der Waals surface area contributed by atoms with Crippen molar-refractivity contribution in [3.63, 3.8) is 0 Å². The second-order valence-electron chi connectivity index (χ2n) is 7.58. The molecular weight excluding hydrogens is 300 g/mol. The molecule has 4 nitrogen and oxygen atoms in total. The summed E-state index contributed by atoms with van der Waals surface area (Å²) in [6, 6.07) is 4.14. The van der Waals surface area contributed by atoms with Gasteiger partial charge in [-0.15, -0.1) is 0 Å². The predicted octanol–water partition coefficient (Wildman–Crippen LogP) is 3.46. The van der Waals surface area contributed by atoms with Gasteiger partial charge in [0.1, 0.15) is 6.61 Å². The number of hydrogen-bond acceptors (Lipinski definition) is 3. The van der Waals surface area contributed by atoms with Crippen LogP contribution in [0.4, 0.5) is 0 Å². The number of hydrogen-bond donors (Lipinski definition) is 0. The lowest BCUT2D eigenvalue weighted by atomic mass is 9.89. The molecule has 0 spiro atoms. The molecule has 2 fully saturated rings. The summed E-state index contributed by atoms with van der Waals surface area (Å²) >= 11 is 0. The van der Waals surface area contributed by atoms with Crippen molar-refractivity contribution in [1.82, 2.24) is 9.88 Å². The zero-order valence-electron chi connectivity index (χ0n) is 14.8. The van der Waals surface area contributed by atoms with Crippen molar-refractivity contribution in [2.45, 2.75) is 58.0 Å². The Balaban J connectivity index is 1.36. The first-order chi connectivity index (χ1) is 11.7. The molecule has 0 unspecified atom stereocenters. The highest BCUT2D eigenvalue weighted by molar-refractivity contribution is 5.77. The molecule has 0 N–H and O–H groups in total. The number of aromatic nitrogens is 1. The average molecular weight is 330 g/mol. The van der Waals surface area contributed by atoms with Gasteiger partial charge in [-0.25, -0.2) is 0 Å². The third kappa shape index (κ3) is 5.04. The van der Waals surface area contributed by atoms with Gasteiger partial charge in [-0.1, -0.05) is 13.0 Å². The lowest BCUT2D eigenvalue weighted by Gasteiger charge is -2.33. The van der Waals surface area contributed by atoms with Crippen molar-refractivity contribution in [1.29, 1.82) is 0 Å². The van der Waals surface area contributed by atoms with E-state index < -0.39 is 0 Å². The van der Waals surface area contributed by atoms with Crippen molar-refractivity contribution in [3.05, 3.63) is 30.1 Å². The van der Waals surface area contributed by atoms with E-state index in [0.29, 0.717) is 12.0 Å². The second-order valence-corrected chi connectivity index (χ2v) is 7.58. The van der Waals surface area contributed by atoms with Gasteiger partial charge in [0.25, 0.3) is 0 Å². The maximum atomic E-state index is 12.4. The van der Waals surface area contributed by atoms with Crippen LogP contribution in [0, 0.1) is 11.8 Å². The molecule has 2 aliphatic rings. The van der Waals surface area contributed by atoms with Crippen LogP contribution in [0.25, 0.3) is 0 Å². The summed E-state index contributed by atoms with van der Waals surface area (Å²) in [6.07, 6.45) is 12.0. The quantitative estimate of drug-likeness (QED) is 0.830. The fourth-order valence-corrected chi connectivity index (χ4v) is 3.92. The van der Waals surface area contributed by atoms with E-state index in [-0.39, 0.29) is 12.5 Å². The molecular formula is C20H30N2O2. The van der Waals surface area contributed by atoms with Gasteiger partial charge in [0.15, 0.2) is 0 Å². The van der Waals surface area contributed by atoms with Gasteiger partial charge in [0, 0.05) is 25.5 Å². The van der Waals surface area contributed by atoms with Crippen molar-refractivity contribution >= 4 is 5.91 Å². The molecule has 1 aliphatic heterocycles. The van der Waals surface area contributed by atoms with Gasteiger partial charge < -0.3 is 9.64 Å². The topological polar surface area (TPSA) is 42.4 Å². The fraction of sp³-hybridized carbons (Fsp3) is 0.700. The molecule has 0 radical (unpaired) electrons. The van der Waals surface area contributed by atoms with E-state index in [9.17, 15) is 4.79 Å². The Bertz CT molecular complexity index is 504. The molecule has 1 aromatic rings. The van der Waals surface area contributed by atoms with Gasteiger partial charge in [0.2, 0.25) is 5.91 Å². The Hall–Kier alpha value is -1.42. The normalized spacial score (nSPS) is 25.6. The molecule has 4 heteroatoms. The molecule has 1 aliphatic carbocycles. The molecule has 0 aromatic carbocycles. The van der Waals surface area contributed by atoms with E-state index in [0.717, 1.165) is 51.1 Å². The van der Waals surface area contributed by atoms with Crippen molar-refractivity contribution < 1.29 is 9.53 Å². The molecule has 3 rings (SSSR count). The lowest BCUT2D eigenvalue weighted by Crippen LogP contribution is -2.41. The molecule has 1 saturated carbocycles. The average Bonchev–Trinajstić information content (AvgIpc) is 2.62. The monoisotopic (exact) mass is 330 g/mol. The molecule has 1 aromatic heterocycles. The first kappa shape index (κ1) is 17.4. The summed E-state index contributed by atoms with van der Waals surface area (Å²) in [5.74, 6) is 1.66. The first-order valence-corrected chi connectivity index (χ1v) is 9.49. The number of likely N-dealkylation sites (tertiary alicyclic amines) is 1. The maximum Gasteiger partial charge on any atom is 0.248 e. The summed E-state index contributed by atoms with van der Waals surface area (Å²) in [6.45, 7) is 4.31. The van der Waals surface area contributed by atoms with Crippen LogP contribution in [0.2, 0.25) is 0 Å².